The fourth-order valence-corrected chi connectivity index (χ4v) is 2.96. The standard InChI is InChI=1S/C21H20F5N3O3/c1-11-6-5-7-13(19(29-31-4)20(30)27-3)14(11)10-32-28-12(2)17-15(22)8-9-16(23)18(17)21(24,25)26/h5-9H,10H2,1-4H3,(H,27,30)/b28-12+,29-19+. The number of nitrogens with zero attached hydrogens (tertiary/aromatic N) is 2. The van der Waals surface area contributed by atoms with E-state index in [1.54, 1.807) is 25.1 Å². The van der Waals surface area contributed by atoms with E-state index in [0.717, 1.165) is 6.92 Å². The van der Waals surface area contributed by atoms with Gasteiger partial charge in [-0.25, -0.2) is 8.78 Å². The van der Waals surface area contributed by atoms with E-state index in [4.69, 9.17) is 9.68 Å². The molecule has 2 aromatic carbocycles. The minimum absolute atomic E-state index is 0.0615. The van der Waals surface area contributed by atoms with Gasteiger partial charge in [0.05, 0.1) is 11.3 Å². The molecule has 0 aliphatic rings. The summed E-state index contributed by atoms with van der Waals surface area (Å²) in [6, 6.07) is 5.92. The molecule has 2 rings (SSSR count). The molecule has 0 aliphatic heterocycles. The molecule has 1 N–H and O–H groups in total. The molecule has 11 heteroatoms. The summed E-state index contributed by atoms with van der Waals surface area (Å²) in [5.41, 5.74) is -1.94. The van der Waals surface area contributed by atoms with Gasteiger partial charge >= 0.3 is 6.18 Å². The van der Waals surface area contributed by atoms with E-state index in [9.17, 15) is 26.7 Å². The molecule has 0 fully saturated rings. The second-order valence-electron chi connectivity index (χ2n) is 6.53. The van der Waals surface area contributed by atoms with Crippen LogP contribution < -0.4 is 5.32 Å². The topological polar surface area (TPSA) is 72.3 Å². The van der Waals surface area contributed by atoms with Gasteiger partial charge in [0.25, 0.3) is 5.91 Å². The lowest BCUT2D eigenvalue weighted by Crippen LogP contribution is -2.29. The highest BCUT2D eigenvalue weighted by atomic mass is 19.4. The molecule has 0 heterocycles. The predicted molar refractivity (Wildman–Crippen MR) is 107 cm³/mol. The van der Waals surface area contributed by atoms with Crippen molar-refractivity contribution in [1.29, 1.82) is 0 Å². The Labute approximate surface area is 180 Å². The highest BCUT2D eigenvalue weighted by Crippen LogP contribution is 2.35. The number of likely N-dealkylation sites (N-methyl/N-ethyl adjacent to an activating group) is 1. The number of aryl methyl sites for hydroxylation is 1. The predicted octanol–water partition coefficient (Wildman–Crippen LogP) is 4.33. The second kappa shape index (κ2) is 10.2. The zero-order valence-electron chi connectivity index (χ0n) is 17.6. The maximum atomic E-state index is 14.1. The Bertz CT molecular complexity index is 1070. The van der Waals surface area contributed by atoms with Crippen LogP contribution in [0.25, 0.3) is 0 Å². The highest BCUT2D eigenvalue weighted by Gasteiger charge is 2.39. The fourth-order valence-electron chi connectivity index (χ4n) is 2.96. The van der Waals surface area contributed by atoms with E-state index in [1.807, 2.05) is 0 Å². The SMILES string of the molecule is CNC(=O)/C(=N/OC)c1cccc(C)c1CO/N=C(\C)c1c(F)ccc(F)c1C(F)(F)F. The van der Waals surface area contributed by atoms with Gasteiger partial charge in [0, 0.05) is 18.2 Å². The first-order chi connectivity index (χ1) is 15.0. The van der Waals surface area contributed by atoms with Gasteiger partial charge in [-0.3, -0.25) is 4.79 Å². The van der Waals surface area contributed by atoms with Crippen LogP contribution >= 0.6 is 0 Å². The van der Waals surface area contributed by atoms with Crippen molar-refractivity contribution in [3.8, 4) is 0 Å². The van der Waals surface area contributed by atoms with Crippen molar-refractivity contribution in [2.45, 2.75) is 26.6 Å². The van der Waals surface area contributed by atoms with Gasteiger partial charge in [0.2, 0.25) is 0 Å². The smallest absolute Gasteiger partial charge is 0.398 e. The molecule has 0 bridgehead atoms. The van der Waals surface area contributed by atoms with Crippen LogP contribution in [-0.4, -0.2) is 31.5 Å². The van der Waals surface area contributed by atoms with E-state index < -0.39 is 40.6 Å². The van der Waals surface area contributed by atoms with E-state index >= 15 is 0 Å². The number of benzene rings is 2. The molecule has 0 spiro atoms. The molecule has 0 saturated carbocycles. The number of oxime groups is 2. The van der Waals surface area contributed by atoms with Crippen molar-refractivity contribution in [2.75, 3.05) is 14.2 Å². The Morgan fingerprint density at radius 3 is 2.34 bits per heavy atom. The third-order valence-corrected chi connectivity index (χ3v) is 4.45. The zero-order valence-corrected chi connectivity index (χ0v) is 17.6. The molecule has 0 radical (unpaired) electrons. The fraction of sp³-hybridized carbons (Fsp3) is 0.286. The van der Waals surface area contributed by atoms with Crippen LogP contribution in [0.4, 0.5) is 22.0 Å². The Kier molecular flexibility index (Phi) is 7.90. The average Bonchev–Trinajstić information content (AvgIpc) is 2.73. The lowest BCUT2D eigenvalue weighted by atomic mass is 9.98. The summed E-state index contributed by atoms with van der Waals surface area (Å²) in [4.78, 5) is 22.0. The van der Waals surface area contributed by atoms with E-state index in [1.165, 1.54) is 14.2 Å². The molecule has 0 saturated heterocycles. The minimum atomic E-state index is -5.14. The van der Waals surface area contributed by atoms with Crippen molar-refractivity contribution >= 4 is 17.3 Å². The first kappa shape index (κ1) is 24.8. The molecule has 0 aromatic heterocycles. The van der Waals surface area contributed by atoms with Crippen molar-refractivity contribution in [3.05, 3.63) is 69.8 Å². The number of alkyl halides is 3. The van der Waals surface area contributed by atoms with Gasteiger partial charge in [-0.05, 0) is 31.5 Å². The van der Waals surface area contributed by atoms with Crippen molar-refractivity contribution in [3.63, 3.8) is 0 Å². The Morgan fingerprint density at radius 1 is 1.09 bits per heavy atom. The number of rotatable bonds is 7. The largest absolute Gasteiger partial charge is 0.419 e. The van der Waals surface area contributed by atoms with Crippen LogP contribution in [0.3, 0.4) is 0 Å². The lowest BCUT2D eigenvalue weighted by Gasteiger charge is -2.15. The summed E-state index contributed by atoms with van der Waals surface area (Å²) in [6.07, 6.45) is -5.14. The quantitative estimate of drug-likeness (QED) is 0.382. The summed E-state index contributed by atoms with van der Waals surface area (Å²) >= 11 is 0. The summed E-state index contributed by atoms with van der Waals surface area (Å²) < 4.78 is 67.7. The maximum absolute atomic E-state index is 14.1. The molecular formula is C21H20F5N3O3. The third kappa shape index (κ3) is 5.40. The summed E-state index contributed by atoms with van der Waals surface area (Å²) in [6.45, 7) is 2.48. The Hall–Kier alpha value is -3.50. The van der Waals surface area contributed by atoms with E-state index in [0.29, 0.717) is 28.8 Å². The number of hydrogen-bond donors (Lipinski definition) is 1. The number of amides is 1. The van der Waals surface area contributed by atoms with Gasteiger partial charge < -0.3 is 15.0 Å². The molecule has 2 aromatic rings. The molecule has 6 nitrogen and oxygen atoms in total. The molecule has 0 unspecified atom stereocenters. The lowest BCUT2D eigenvalue weighted by molar-refractivity contribution is -0.140. The van der Waals surface area contributed by atoms with E-state index in [-0.39, 0.29) is 12.3 Å². The number of halogens is 5. The summed E-state index contributed by atoms with van der Waals surface area (Å²) in [5, 5.41) is 9.69. The van der Waals surface area contributed by atoms with Crippen molar-refractivity contribution < 1.29 is 36.4 Å². The van der Waals surface area contributed by atoms with Gasteiger partial charge in [-0.1, -0.05) is 28.5 Å². The molecular weight excluding hydrogens is 437 g/mol. The molecule has 0 atom stereocenters. The van der Waals surface area contributed by atoms with Crippen LogP contribution in [0, 0.1) is 18.6 Å². The van der Waals surface area contributed by atoms with Gasteiger partial charge in [0.1, 0.15) is 30.9 Å². The van der Waals surface area contributed by atoms with Crippen LogP contribution in [-0.2, 0) is 27.3 Å². The van der Waals surface area contributed by atoms with Crippen LogP contribution in [0.15, 0.2) is 40.6 Å². The molecule has 0 aliphatic carbocycles. The zero-order chi connectivity index (χ0) is 24.1. The number of carbonyl (C=O) groups is 1. The maximum Gasteiger partial charge on any atom is 0.419 e. The number of hydrogen-bond acceptors (Lipinski definition) is 5. The first-order valence-corrected chi connectivity index (χ1v) is 9.17. The number of carbonyl (C=O) groups excluding carboxylic acids is 1. The van der Waals surface area contributed by atoms with Crippen LogP contribution in [0.5, 0.6) is 0 Å². The Balaban J connectivity index is 2.43. The van der Waals surface area contributed by atoms with Crippen molar-refractivity contribution in [1.82, 2.24) is 5.32 Å². The first-order valence-electron chi connectivity index (χ1n) is 9.17. The molecule has 172 valence electrons. The monoisotopic (exact) mass is 457 g/mol. The number of nitrogens with one attached hydrogen (secondary N) is 1. The van der Waals surface area contributed by atoms with E-state index in [2.05, 4.69) is 15.6 Å². The summed E-state index contributed by atoms with van der Waals surface area (Å²) in [5.74, 6) is -3.47. The van der Waals surface area contributed by atoms with Gasteiger partial charge in [-0.15, -0.1) is 0 Å². The average molecular weight is 457 g/mol. The van der Waals surface area contributed by atoms with Gasteiger partial charge in [-0.2, -0.15) is 13.2 Å². The highest BCUT2D eigenvalue weighted by molar-refractivity contribution is 6.45. The molecule has 1 amide bonds. The summed E-state index contributed by atoms with van der Waals surface area (Å²) in [7, 11) is 2.66. The molecule has 32 heavy (non-hydrogen) atoms. The third-order valence-electron chi connectivity index (χ3n) is 4.45. The van der Waals surface area contributed by atoms with Crippen LogP contribution in [0.2, 0.25) is 0 Å². The second-order valence-corrected chi connectivity index (χ2v) is 6.53. The minimum Gasteiger partial charge on any atom is -0.398 e. The van der Waals surface area contributed by atoms with Crippen molar-refractivity contribution in [2.24, 2.45) is 10.3 Å². The van der Waals surface area contributed by atoms with Crippen LogP contribution in [0.1, 0.15) is 34.7 Å². The van der Waals surface area contributed by atoms with Gasteiger partial charge in [0.15, 0.2) is 5.71 Å². The normalized spacial score (nSPS) is 12.5. The Morgan fingerprint density at radius 2 is 1.75 bits per heavy atom.